The Morgan fingerprint density at radius 1 is 1.35 bits per heavy atom. The summed E-state index contributed by atoms with van der Waals surface area (Å²) in [5.74, 6) is -2.65. The summed E-state index contributed by atoms with van der Waals surface area (Å²) in [6.45, 7) is 0. The second-order valence-corrected chi connectivity index (χ2v) is 6.69. The average Bonchev–Trinajstić information content (AvgIpc) is 2.43. The smallest absolute Gasteiger partial charge is 0.308 e. The first kappa shape index (κ1) is 17.0. The van der Waals surface area contributed by atoms with Crippen LogP contribution in [0.4, 0.5) is 4.39 Å². The minimum atomic E-state index is -4.05. The van der Waals surface area contributed by atoms with Gasteiger partial charge in [0.1, 0.15) is 5.82 Å². The summed E-state index contributed by atoms with van der Waals surface area (Å²) in [5.41, 5.74) is -2.39. The Hall–Kier alpha value is -2.39. The molecule has 7 nitrogen and oxygen atoms in total. The Labute approximate surface area is 132 Å². The highest BCUT2D eigenvalue weighted by molar-refractivity contribution is 7.88. The summed E-state index contributed by atoms with van der Waals surface area (Å²) in [6, 6.07) is 5.39. The number of hydrogen-bond donors (Lipinski definition) is 4. The van der Waals surface area contributed by atoms with Crippen molar-refractivity contribution in [1.82, 2.24) is 10.0 Å². The van der Waals surface area contributed by atoms with Crippen molar-refractivity contribution in [2.45, 2.75) is 17.9 Å². The summed E-state index contributed by atoms with van der Waals surface area (Å²) < 4.78 is 40.0. The summed E-state index contributed by atoms with van der Waals surface area (Å²) in [4.78, 5) is 10.8. The fourth-order valence-corrected chi connectivity index (χ4v) is 3.34. The largest absolute Gasteiger partial charge is 0.481 e. The van der Waals surface area contributed by atoms with Crippen LogP contribution in [-0.2, 0) is 20.6 Å². The molecule has 0 bridgehead atoms. The lowest BCUT2D eigenvalue weighted by Crippen LogP contribution is -2.52. The molecule has 124 valence electrons. The summed E-state index contributed by atoms with van der Waals surface area (Å²) in [6.07, 6.45) is 3.17. The molecule has 1 aliphatic rings. The molecule has 0 radical (unpaired) electrons. The van der Waals surface area contributed by atoms with Gasteiger partial charge in [0, 0.05) is 5.56 Å². The fraction of sp³-hybridized carbons (Fsp3) is 0.214. The Balaban J connectivity index is 2.21. The SMILES string of the molecule is O=C(O)CC1(O)NC=CC=C1NS(=O)(=O)Cc1ccccc1F. The van der Waals surface area contributed by atoms with Gasteiger partial charge in [0.15, 0.2) is 5.72 Å². The number of benzene rings is 1. The van der Waals surface area contributed by atoms with E-state index in [2.05, 4.69) is 10.0 Å². The molecule has 1 aromatic rings. The number of sulfonamides is 1. The van der Waals surface area contributed by atoms with Gasteiger partial charge in [0.2, 0.25) is 10.0 Å². The molecule has 0 spiro atoms. The van der Waals surface area contributed by atoms with E-state index in [-0.39, 0.29) is 11.3 Å². The molecule has 0 aromatic heterocycles. The van der Waals surface area contributed by atoms with E-state index in [1.807, 2.05) is 0 Å². The zero-order chi connectivity index (χ0) is 17.1. The van der Waals surface area contributed by atoms with Crippen molar-refractivity contribution in [3.8, 4) is 0 Å². The van der Waals surface area contributed by atoms with Gasteiger partial charge in [-0.05, 0) is 24.4 Å². The van der Waals surface area contributed by atoms with E-state index in [4.69, 9.17) is 5.11 Å². The van der Waals surface area contributed by atoms with Gasteiger partial charge < -0.3 is 15.5 Å². The molecule has 0 saturated carbocycles. The number of nitrogens with one attached hydrogen (secondary N) is 2. The number of aliphatic hydroxyl groups is 1. The minimum absolute atomic E-state index is 0.0401. The zero-order valence-corrected chi connectivity index (χ0v) is 12.7. The van der Waals surface area contributed by atoms with Crippen LogP contribution in [0.1, 0.15) is 12.0 Å². The Bertz CT molecular complexity index is 775. The van der Waals surface area contributed by atoms with Crippen molar-refractivity contribution < 1.29 is 27.8 Å². The molecule has 9 heteroatoms. The van der Waals surface area contributed by atoms with Crippen molar-refractivity contribution in [3.63, 3.8) is 0 Å². The lowest BCUT2D eigenvalue weighted by atomic mass is 10.0. The molecular weight excluding hydrogens is 327 g/mol. The highest BCUT2D eigenvalue weighted by Gasteiger charge is 2.36. The quantitative estimate of drug-likeness (QED) is 0.595. The second kappa shape index (κ2) is 6.39. The van der Waals surface area contributed by atoms with E-state index in [0.717, 1.165) is 6.07 Å². The molecule has 0 fully saturated rings. The van der Waals surface area contributed by atoms with Crippen molar-refractivity contribution >= 4 is 16.0 Å². The van der Waals surface area contributed by atoms with E-state index >= 15 is 0 Å². The number of halogens is 1. The van der Waals surface area contributed by atoms with Crippen LogP contribution >= 0.6 is 0 Å². The number of allylic oxidation sites excluding steroid dienone is 2. The number of carbonyl (C=O) groups is 1. The Morgan fingerprint density at radius 3 is 2.70 bits per heavy atom. The highest BCUT2D eigenvalue weighted by Crippen LogP contribution is 2.21. The number of hydrogen-bond acceptors (Lipinski definition) is 5. The van der Waals surface area contributed by atoms with Crippen LogP contribution in [0.5, 0.6) is 0 Å². The zero-order valence-electron chi connectivity index (χ0n) is 11.9. The van der Waals surface area contributed by atoms with Gasteiger partial charge in [-0.25, -0.2) is 12.8 Å². The number of carboxylic acid groups (broad SMARTS) is 1. The fourth-order valence-electron chi connectivity index (χ4n) is 2.05. The first-order valence-corrected chi connectivity index (χ1v) is 8.20. The Morgan fingerprint density at radius 2 is 2.04 bits per heavy atom. The topological polar surface area (TPSA) is 116 Å². The van der Waals surface area contributed by atoms with Crippen molar-refractivity contribution in [2.75, 3.05) is 0 Å². The van der Waals surface area contributed by atoms with Crippen LogP contribution in [0, 0.1) is 5.82 Å². The highest BCUT2D eigenvalue weighted by atomic mass is 32.2. The van der Waals surface area contributed by atoms with Gasteiger partial charge in [-0.15, -0.1) is 0 Å². The number of carboxylic acids is 1. The van der Waals surface area contributed by atoms with Crippen LogP contribution in [0.3, 0.4) is 0 Å². The van der Waals surface area contributed by atoms with Gasteiger partial charge in [-0.3, -0.25) is 9.52 Å². The molecular formula is C14H15FN2O5S. The van der Waals surface area contributed by atoms with Gasteiger partial charge in [0.25, 0.3) is 0 Å². The van der Waals surface area contributed by atoms with Crippen molar-refractivity contribution in [3.05, 3.63) is 59.7 Å². The molecule has 2 rings (SSSR count). The number of aliphatic carboxylic acids is 1. The maximum Gasteiger partial charge on any atom is 0.308 e. The average molecular weight is 342 g/mol. The maximum atomic E-state index is 13.6. The number of dihydropyridines is 1. The summed E-state index contributed by atoms with van der Waals surface area (Å²) in [5, 5.41) is 21.5. The first-order valence-electron chi connectivity index (χ1n) is 6.55. The third kappa shape index (κ3) is 4.30. The van der Waals surface area contributed by atoms with Crippen LogP contribution < -0.4 is 10.0 Å². The van der Waals surface area contributed by atoms with Crippen LogP contribution in [0.2, 0.25) is 0 Å². The third-order valence-corrected chi connectivity index (χ3v) is 4.32. The van der Waals surface area contributed by atoms with E-state index in [0.29, 0.717) is 0 Å². The van der Waals surface area contributed by atoms with Crippen LogP contribution in [0.25, 0.3) is 0 Å². The standard InChI is InChI=1S/C14H15FN2O5S/c15-11-5-2-1-4-10(11)9-23(21,22)17-12-6-3-7-16-14(12,20)8-13(18)19/h1-7,16-17,20H,8-9H2,(H,18,19). The molecule has 0 amide bonds. The lowest BCUT2D eigenvalue weighted by Gasteiger charge is -2.32. The molecule has 1 aliphatic heterocycles. The maximum absolute atomic E-state index is 13.6. The third-order valence-electron chi connectivity index (χ3n) is 3.10. The van der Waals surface area contributed by atoms with Gasteiger partial charge in [-0.1, -0.05) is 18.2 Å². The predicted molar refractivity (Wildman–Crippen MR) is 79.7 cm³/mol. The monoisotopic (exact) mass is 342 g/mol. The van der Waals surface area contributed by atoms with Crippen molar-refractivity contribution in [1.29, 1.82) is 0 Å². The van der Waals surface area contributed by atoms with Crippen LogP contribution in [0.15, 0.2) is 48.3 Å². The first-order chi connectivity index (χ1) is 10.7. The molecule has 4 N–H and O–H groups in total. The van der Waals surface area contributed by atoms with Crippen LogP contribution in [-0.4, -0.2) is 30.3 Å². The Kier molecular flexibility index (Phi) is 4.71. The lowest BCUT2D eigenvalue weighted by molar-refractivity contribution is -0.142. The normalized spacial score (nSPS) is 20.5. The van der Waals surface area contributed by atoms with Gasteiger partial charge >= 0.3 is 5.97 Å². The minimum Gasteiger partial charge on any atom is -0.481 e. The van der Waals surface area contributed by atoms with E-state index in [1.54, 1.807) is 0 Å². The van der Waals surface area contributed by atoms with E-state index < -0.39 is 39.7 Å². The van der Waals surface area contributed by atoms with Gasteiger partial charge in [0.05, 0.1) is 17.9 Å². The van der Waals surface area contributed by atoms with Crippen molar-refractivity contribution in [2.24, 2.45) is 0 Å². The predicted octanol–water partition coefficient (Wildman–Crippen LogP) is 0.409. The molecule has 1 unspecified atom stereocenters. The van der Waals surface area contributed by atoms with E-state index in [9.17, 15) is 22.7 Å². The molecule has 0 saturated heterocycles. The molecule has 1 atom stereocenters. The molecule has 1 heterocycles. The van der Waals surface area contributed by atoms with E-state index in [1.165, 1.54) is 36.6 Å². The summed E-state index contributed by atoms with van der Waals surface area (Å²) in [7, 11) is -4.05. The second-order valence-electron chi connectivity index (χ2n) is 4.97. The molecule has 1 aromatic carbocycles. The summed E-state index contributed by atoms with van der Waals surface area (Å²) >= 11 is 0. The number of rotatable bonds is 6. The molecule has 0 aliphatic carbocycles. The van der Waals surface area contributed by atoms with Gasteiger partial charge in [-0.2, -0.15) is 0 Å². The molecule has 23 heavy (non-hydrogen) atoms.